The molecule has 2 fully saturated rings. The molecule has 0 aromatic heterocycles. The summed E-state index contributed by atoms with van der Waals surface area (Å²) >= 11 is 0. The van der Waals surface area contributed by atoms with Gasteiger partial charge < -0.3 is 10.2 Å². The zero-order chi connectivity index (χ0) is 19.0. The van der Waals surface area contributed by atoms with Gasteiger partial charge in [0.15, 0.2) is 0 Å². The third-order valence-electron chi connectivity index (χ3n) is 4.58. The zero-order valence-corrected chi connectivity index (χ0v) is 14.3. The van der Waals surface area contributed by atoms with Crippen molar-refractivity contribution in [3.8, 4) is 0 Å². The molecule has 1 spiro atoms. The number of anilines is 1. The first-order chi connectivity index (χ1) is 12.9. The first kappa shape index (κ1) is 17.4. The van der Waals surface area contributed by atoms with Crippen LogP contribution in [0, 0.1) is 11.6 Å². The molecule has 8 heteroatoms. The maximum absolute atomic E-state index is 13.2. The van der Waals surface area contributed by atoms with Gasteiger partial charge in [0.1, 0.15) is 17.2 Å². The molecule has 2 aliphatic rings. The van der Waals surface area contributed by atoms with Crippen LogP contribution in [0.25, 0.3) is 0 Å². The van der Waals surface area contributed by atoms with Crippen molar-refractivity contribution in [2.75, 3.05) is 18.4 Å². The normalized spacial score (nSPS) is 17.9. The van der Waals surface area contributed by atoms with Crippen LogP contribution in [0.15, 0.2) is 48.5 Å². The van der Waals surface area contributed by atoms with Crippen LogP contribution in [0.2, 0.25) is 0 Å². The van der Waals surface area contributed by atoms with Gasteiger partial charge in [-0.3, -0.25) is 9.63 Å². The maximum atomic E-state index is 13.2. The first-order valence-electron chi connectivity index (χ1n) is 8.48. The Hall–Kier alpha value is -3.00. The fraction of sp³-hybridized carbons (Fsp3) is 0.263. The fourth-order valence-electron chi connectivity index (χ4n) is 3.34. The quantitative estimate of drug-likeness (QED) is 0.900. The highest BCUT2D eigenvalue weighted by atomic mass is 19.1. The largest absolute Gasteiger partial charge is 0.322 e. The Balaban J connectivity index is 1.34. The third-order valence-corrected chi connectivity index (χ3v) is 4.58. The minimum absolute atomic E-state index is 0.0348. The van der Waals surface area contributed by atoms with E-state index in [0.717, 1.165) is 23.8 Å². The lowest BCUT2D eigenvalue weighted by Crippen LogP contribution is -2.64. The van der Waals surface area contributed by atoms with Gasteiger partial charge in [-0.05, 0) is 17.7 Å². The molecule has 2 heterocycles. The van der Waals surface area contributed by atoms with Gasteiger partial charge in [-0.25, -0.2) is 18.6 Å². The Morgan fingerprint density at radius 3 is 2.44 bits per heavy atom. The average Bonchev–Trinajstić information content (AvgIpc) is 2.90. The van der Waals surface area contributed by atoms with E-state index in [1.165, 1.54) is 9.96 Å². The molecule has 140 valence electrons. The molecule has 2 aromatic rings. The molecule has 2 aliphatic heterocycles. The number of likely N-dealkylation sites (tertiary alicyclic amines) is 1. The van der Waals surface area contributed by atoms with Crippen LogP contribution in [-0.2, 0) is 16.2 Å². The summed E-state index contributed by atoms with van der Waals surface area (Å²) in [4.78, 5) is 31.7. The summed E-state index contributed by atoms with van der Waals surface area (Å²) in [6.07, 6.45) is 0.193. The van der Waals surface area contributed by atoms with Gasteiger partial charge in [0.2, 0.25) is 5.91 Å². The van der Waals surface area contributed by atoms with Gasteiger partial charge in [0.05, 0.1) is 26.1 Å². The van der Waals surface area contributed by atoms with Gasteiger partial charge in [-0.15, -0.1) is 0 Å². The molecule has 0 aliphatic carbocycles. The molecule has 3 amide bonds. The average molecular weight is 373 g/mol. The second-order valence-electron chi connectivity index (χ2n) is 6.81. The molecule has 2 saturated heterocycles. The van der Waals surface area contributed by atoms with Crippen molar-refractivity contribution in [1.82, 2.24) is 9.96 Å². The summed E-state index contributed by atoms with van der Waals surface area (Å²) in [6, 6.07) is 11.8. The number of rotatable bonds is 3. The van der Waals surface area contributed by atoms with E-state index in [1.807, 2.05) is 30.3 Å². The number of halogens is 2. The summed E-state index contributed by atoms with van der Waals surface area (Å²) in [7, 11) is 0. The van der Waals surface area contributed by atoms with Gasteiger partial charge >= 0.3 is 6.03 Å². The first-order valence-corrected chi connectivity index (χ1v) is 8.48. The van der Waals surface area contributed by atoms with Gasteiger partial charge in [-0.1, -0.05) is 30.3 Å². The van der Waals surface area contributed by atoms with Crippen LogP contribution >= 0.6 is 0 Å². The van der Waals surface area contributed by atoms with Crippen molar-refractivity contribution < 1.29 is 23.2 Å². The van der Waals surface area contributed by atoms with Crippen molar-refractivity contribution >= 4 is 17.6 Å². The van der Waals surface area contributed by atoms with E-state index in [4.69, 9.17) is 4.84 Å². The predicted molar refractivity (Wildman–Crippen MR) is 92.4 cm³/mol. The number of hydrogen-bond acceptors (Lipinski definition) is 3. The van der Waals surface area contributed by atoms with Crippen molar-refractivity contribution in [2.24, 2.45) is 0 Å². The van der Waals surface area contributed by atoms with Crippen molar-refractivity contribution in [1.29, 1.82) is 0 Å². The van der Waals surface area contributed by atoms with E-state index in [1.54, 1.807) is 0 Å². The number of amides is 3. The van der Waals surface area contributed by atoms with Crippen molar-refractivity contribution in [2.45, 2.75) is 18.6 Å². The third kappa shape index (κ3) is 3.61. The van der Waals surface area contributed by atoms with Crippen LogP contribution in [0.1, 0.15) is 12.0 Å². The topological polar surface area (TPSA) is 61.9 Å². The smallest absolute Gasteiger partial charge is 0.318 e. The number of urea groups is 1. The van der Waals surface area contributed by atoms with Crippen LogP contribution in [-0.4, -0.2) is 40.6 Å². The number of hydrogen-bond donors (Lipinski definition) is 1. The highest BCUT2D eigenvalue weighted by Gasteiger charge is 2.54. The molecule has 27 heavy (non-hydrogen) atoms. The monoisotopic (exact) mass is 373 g/mol. The van der Waals surface area contributed by atoms with E-state index in [0.29, 0.717) is 6.54 Å². The summed E-state index contributed by atoms with van der Waals surface area (Å²) in [5.74, 6) is -1.68. The van der Waals surface area contributed by atoms with E-state index >= 15 is 0 Å². The SMILES string of the molecule is O=C(Nc1cc(F)cc(F)c1)N1CC2(CC(=O)N(Cc3ccccc3)O2)C1. The van der Waals surface area contributed by atoms with Crippen molar-refractivity contribution in [3.05, 3.63) is 65.7 Å². The Bertz CT molecular complexity index is 865. The minimum Gasteiger partial charge on any atom is -0.318 e. The molecule has 2 aromatic carbocycles. The number of nitrogens with zero attached hydrogens (tertiary/aromatic N) is 2. The van der Waals surface area contributed by atoms with Crippen LogP contribution in [0.3, 0.4) is 0 Å². The number of hydroxylamine groups is 2. The molecule has 4 rings (SSSR count). The van der Waals surface area contributed by atoms with Crippen LogP contribution < -0.4 is 5.32 Å². The molecular weight excluding hydrogens is 356 g/mol. The Morgan fingerprint density at radius 1 is 1.11 bits per heavy atom. The molecular formula is C19H17F2N3O3. The van der Waals surface area contributed by atoms with Gasteiger partial charge in [0, 0.05) is 11.8 Å². The molecule has 0 saturated carbocycles. The lowest BCUT2D eigenvalue weighted by atomic mass is 9.91. The van der Waals surface area contributed by atoms with Gasteiger partial charge in [0.25, 0.3) is 0 Å². The molecule has 1 N–H and O–H groups in total. The van der Waals surface area contributed by atoms with Crippen LogP contribution in [0.5, 0.6) is 0 Å². The number of nitrogens with one attached hydrogen (secondary N) is 1. The minimum atomic E-state index is -0.772. The Labute approximate surface area is 154 Å². The second-order valence-corrected chi connectivity index (χ2v) is 6.81. The van der Waals surface area contributed by atoms with E-state index in [-0.39, 0.29) is 31.1 Å². The Morgan fingerprint density at radius 2 is 1.78 bits per heavy atom. The van der Waals surface area contributed by atoms with Gasteiger partial charge in [-0.2, -0.15) is 0 Å². The number of benzene rings is 2. The second kappa shape index (κ2) is 6.62. The Kier molecular flexibility index (Phi) is 4.27. The fourth-order valence-corrected chi connectivity index (χ4v) is 3.34. The summed E-state index contributed by atoms with van der Waals surface area (Å²) in [6.45, 7) is 0.803. The lowest BCUT2D eigenvalue weighted by Gasteiger charge is -2.45. The molecule has 0 atom stereocenters. The van der Waals surface area contributed by atoms with Crippen molar-refractivity contribution in [3.63, 3.8) is 0 Å². The zero-order valence-electron chi connectivity index (χ0n) is 14.3. The predicted octanol–water partition coefficient (Wildman–Crippen LogP) is 2.92. The lowest BCUT2D eigenvalue weighted by molar-refractivity contribution is -0.232. The highest BCUT2D eigenvalue weighted by molar-refractivity contribution is 5.90. The van der Waals surface area contributed by atoms with E-state index in [2.05, 4.69) is 5.32 Å². The molecule has 0 radical (unpaired) electrons. The number of carbonyl (C=O) groups is 2. The molecule has 0 unspecified atom stereocenters. The highest BCUT2D eigenvalue weighted by Crippen LogP contribution is 2.36. The molecule has 0 bridgehead atoms. The summed E-state index contributed by atoms with van der Waals surface area (Å²) in [5.41, 5.74) is 0.258. The van der Waals surface area contributed by atoms with Crippen LogP contribution in [0.4, 0.5) is 19.3 Å². The maximum Gasteiger partial charge on any atom is 0.322 e. The summed E-state index contributed by atoms with van der Waals surface area (Å²) in [5, 5.41) is 3.77. The van der Waals surface area contributed by atoms with E-state index in [9.17, 15) is 18.4 Å². The number of carbonyl (C=O) groups excluding carboxylic acids is 2. The standard InChI is InChI=1S/C19H17F2N3O3/c20-14-6-15(21)8-16(7-14)22-18(26)23-11-19(12-23)9-17(25)24(27-19)10-13-4-2-1-3-5-13/h1-8H,9-12H2,(H,22,26). The molecule has 6 nitrogen and oxygen atoms in total. The summed E-state index contributed by atoms with van der Waals surface area (Å²) < 4.78 is 26.4. The van der Waals surface area contributed by atoms with E-state index < -0.39 is 23.3 Å².